The van der Waals surface area contributed by atoms with Crippen molar-refractivity contribution in [2.45, 2.75) is 25.4 Å². The summed E-state index contributed by atoms with van der Waals surface area (Å²) < 4.78 is 12.5. The zero-order chi connectivity index (χ0) is 19.5. The summed E-state index contributed by atoms with van der Waals surface area (Å²) in [6.07, 6.45) is 3.46. The van der Waals surface area contributed by atoms with Crippen LogP contribution < -0.4 is 10.6 Å². The van der Waals surface area contributed by atoms with E-state index in [9.17, 15) is 9.59 Å². The molecular weight excluding hydrogens is 360 g/mol. The van der Waals surface area contributed by atoms with Crippen LogP contribution >= 0.6 is 0 Å². The Hall–Kier alpha value is -3.13. The summed E-state index contributed by atoms with van der Waals surface area (Å²) in [5.41, 5.74) is 2.38. The lowest BCUT2D eigenvalue weighted by Gasteiger charge is -2.10. The number of hydrogen-bond donors (Lipinski definition) is 2. The van der Waals surface area contributed by atoms with Crippen molar-refractivity contribution in [2.75, 3.05) is 18.5 Å². The molecule has 8 nitrogen and oxygen atoms in total. The molecule has 146 valence electrons. The van der Waals surface area contributed by atoms with Crippen molar-refractivity contribution in [3.05, 3.63) is 48.2 Å². The number of fused-ring (bicyclic) bond motifs is 1. The molecule has 1 atom stereocenters. The van der Waals surface area contributed by atoms with Crippen molar-refractivity contribution in [1.29, 1.82) is 0 Å². The largest absolute Gasteiger partial charge is 0.459 e. The third kappa shape index (κ3) is 3.77. The molecule has 1 fully saturated rings. The highest BCUT2D eigenvalue weighted by atomic mass is 16.5. The van der Waals surface area contributed by atoms with Gasteiger partial charge >= 0.3 is 0 Å². The molecule has 0 saturated carbocycles. The van der Waals surface area contributed by atoms with Gasteiger partial charge in [-0.1, -0.05) is 0 Å². The standard InChI is InChI=1S/C20H22N4O4/c1-24-15-7-6-13(22-20(26)17-5-3-11-28-17)12-14(15)23-18(24)8-9-21-19(25)16-4-2-10-27-16/h3,5-7,11-12,16H,2,4,8-10H2,1H3,(H,21,25)(H,22,26)/t16-/m0/s1. The van der Waals surface area contributed by atoms with E-state index in [1.807, 2.05) is 29.8 Å². The molecule has 1 aromatic carbocycles. The topological polar surface area (TPSA) is 98.4 Å². The molecule has 0 bridgehead atoms. The maximum absolute atomic E-state index is 12.1. The van der Waals surface area contributed by atoms with E-state index in [0.29, 0.717) is 25.3 Å². The predicted molar refractivity (Wildman–Crippen MR) is 103 cm³/mol. The van der Waals surface area contributed by atoms with Crippen LogP contribution in [0.4, 0.5) is 5.69 Å². The van der Waals surface area contributed by atoms with Gasteiger partial charge in [0.25, 0.3) is 5.91 Å². The number of aromatic nitrogens is 2. The summed E-state index contributed by atoms with van der Waals surface area (Å²) in [6.45, 7) is 1.15. The lowest BCUT2D eigenvalue weighted by molar-refractivity contribution is -0.130. The highest BCUT2D eigenvalue weighted by molar-refractivity contribution is 6.03. The Bertz CT molecular complexity index is 987. The molecule has 3 aromatic rings. The van der Waals surface area contributed by atoms with Crippen molar-refractivity contribution >= 4 is 28.5 Å². The van der Waals surface area contributed by atoms with Gasteiger partial charge in [-0.25, -0.2) is 4.98 Å². The lowest BCUT2D eigenvalue weighted by Crippen LogP contribution is -2.35. The van der Waals surface area contributed by atoms with Crippen LogP contribution in [-0.2, 0) is 23.0 Å². The second kappa shape index (κ2) is 7.85. The summed E-state index contributed by atoms with van der Waals surface area (Å²) in [5.74, 6) is 0.748. The molecule has 0 spiro atoms. The Balaban J connectivity index is 1.41. The van der Waals surface area contributed by atoms with Crippen molar-refractivity contribution in [1.82, 2.24) is 14.9 Å². The smallest absolute Gasteiger partial charge is 0.291 e. The maximum atomic E-state index is 12.1. The first-order valence-electron chi connectivity index (χ1n) is 9.31. The van der Waals surface area contributed by atoms with E-state index >= 15 is 0 Å². The third-order valence-electron chi connectivity index (χ3n) is 4.85. The molecule has 0 radical (unpaired) electrons. The number of benzene rings is 1. The van der Waals surface area contributed by atoms with Crippen molar-refractivity contribution in [3.63, 3.8) is 0 Å². The summed E-state index contributed by atoms with van der Waals surface area (Å²) in [7, 11) is 1.94. The van der Waals surface area contributed by atoms with Crippen LogP contribution in [0.25, 0.3) is 11.0 Å². The molecule has 1 aliphatic heterocycles. The summed E-state index contributed by atoms with van der Waals surface area (Å²) in [4.78, 5) is 28.8. The number of nitrogens with one attached hydrogen (secondary N) is 2. The number of hydrogen-bond acceptors (Lipinski definition) is 5. The summed E-state index contributed by atoms with van der Waals surface area (Å²) in [6, 6.07) is 8.84. The van der Waals surface area contributed by atoms with Gasteiger partial charge in [0, 0.05) is 32.3 Å². The second-order valence-electron chi connectivity index (χ2n) is 6.76. The van der Waals surface area contributed by atoms with Gasteiger partial charge in [0.15, 0.2) is 5.76 Å². The van der Waals surface area contributed by atoms with Crippen LogP contribution in [0.5, 0.6) is 0 Å². The van der Waals surface area contributed by atoms with Gasteiger partial charge in [-0.15, -0.1) is 0 Å². The number of rotatable bonds is 6. The van der Waals surface area contributed by atoms with E-state index < -0.39 is 0 Å². The Morgan fingerprint density at radius 2 is 2.21 bits per heavy atom. The second-order valence-corrected chi connectivity index (χ2v) is 6.76. The number of amides is 2. The molecule has 3 heterocycles. The number of furan rings is 1. The Labute approximate surface area is 161 Å². The highest BCUT2D eigenvalue weighted by Gasteiger charge is 2.23. The van der Waals surface area contributed by atoms with Crippen molar-refractivity contribution < 1.29 is 18.7 Å². The minimum atomic E-state index is -0.319. The first-order chi connectivity index (χ1) is 13.6. The number of nitrogens with zero attached hydrogens (tertiary/aromatic N) is 2. The zero-order valence-corrected chi connectivity index (χ0v) is 15.6. The Kier molecular flexibility index (Phi) is 5.12. The van der Waals surface area contributed by atoms with E-state index in [2.05, 4.69) is 15.6 Å². The average Bonchev–Trinajstić information content (AvgIpc) is 3.44. The van der Waals surface area contributed by atoms with Gasteiger partial charge < -0.3 is 24.4 Å². The van der Waals surface area contributed by atoms with E-state index in [4.69, 9.17) is 9.15 Å². The quantitative estimate of drug-likeness (QED) is 0.681. The molecule has 2 N–H and O–H groups in total. The molecule has 0 aliphatic carbocycles. The van der Waals surface area contributed by atoms with Gasteiger partial charge in [-0.05, 0) is 43.2 Å². The first-order valence-corrected chi connectivity index (χ1v) is 9.31. The predicted octanol–water partition coefficient (Wildman–Crippen LogP) is 2.26. The van der Waals surface area contributed by atoms with Gasteiger partial charge in [0.1, 0.15) is 11.9 Å². The van der Waals surface area contributed by atoms with Crippen LogP contribution in [0.2, 0.25) is 0 Å². The molecule has 28 heavy (non-hydrogen) atoms. The Morgan fingerprint density at radius 1 is 1.32 bits per heavy atom. The van der Waals surface area contributed by atoms with Crippen LogP contribution in [0.15, 0.2) is 41.0 Å². The van der Waals surface area contributed by atoms with Crippen LogP contribution in [0.1, 0.15) is 29.2 Å². The first kappa shape index (κ1) is 18.2. The maximum Gasteiger partial charge on any atom is 0.291 e. The third-order valence-corrected chi connectivity index (χ3v) is 4.85. The summed E-state index contributed by atoms with van der Waals surface area (Å²) >= 11 is 0. The highest BCUT2D eigenvalue weighted by Crippen LogP contribution is 2.20. The number of imidazole rings is 1. The molecule has 8 heteroatoms. The minimum absolute atomic E-state index is 0.0563. The molecule has 0 unspecified atom stereocenters. The monoisotopic (exact) mass is 382 g/mol. The number of ether oxygens (including phenoxy) is 1. The molecule has 1 saturated heterocycles. The van der Waals surface area contributed by atoms with Crippen LogP contribution in [0, 0.1) is 0 Å². The average molecular weight is 382 g/mol. The van der Waals surface area contributed by atoms with Gasteiger partial charge in [-0.2, -0.15) is 0 Å². The van der Waals surface area contributed by atoms with Crippen LogP contribution in [-0.4, -0.2) is 40.6 Å². The van der Waals surface area contributed by atoms with E-state index in [0.717, 1.165) is 29.7 Å². The summed E-state index contributed by atoms with van der Waals surface area (Å²) in [5, 5.41) is 5.71. The van der Waals surface area contributed by atoms with Crippen molar-refractivity contribution in [3.8, 4) is 0 Å². The number of aryl methyl sites for hydroxylation is 1. The van der Waals surface area contributed by atoms with E-state index in [1.54, 1.807) is 12.1 Å². The minimum Gasteiger partial charge on any atom is -0.459 e. The molecule has 2 amide bonds. The Morgan fingerprint density at radius 3 is 2.96 bits per heavy atom. The molecule has 1 aliphatic rings. The normalized spacial score (nSPS) is 16.4. The molecule has 4 rings (SSSR count). The van der Waals surface area contributed by atoms with E-state index in [-0.39, 0.29) is 23.7 Å². The number of carbonyl (C=O) groups is 2. The van der Waals surface area contributed by atoms with Gasteiger partial charge in [0.2, 0.25) is 5.91 Å². The fraction of sp³-hybridized carbons (Fsp3) is 0.350. The molecule has 2 aromatic heterocycles. The van der Waals surface area contributed by atoms with Gasteiger partial charge in [-0.3, -0.25) is 9.59 Å². The fourth-order valence-corrected chi connectivity index (χ4v) is 3.35. The van der Waals surface area contributed by atoms with Gasteiger partial charge in [0.05, 0.1) is 17.3 Å². The van der Waals surface area contributed by atoms with E-state index in [1.165, 1.54) is 6.26 Å². The SMILES string of the molecule is Cn1c(CCNC(=O)[C@@H]2CCCO2)nc2cc(NC(=O)c3ccco3)ccc21. The number of carbonyl (C=O) groups excluding carboxylic acids is 2. The molecular formula is C20H22N4O4. The van der Waals surface area contributed by atoms with Crippen LogP contribution in [0.3, 0.4) is 0 Å². The number of anilines is 1. The fourth-order valence-electron chi connectivity index (χ4n) is 3.35. The zero-order valence-electron chi connectivity index (χ0n) is 15.6. The van der Waals surface area contributed by atoms with Crippen molar-refractivity contribution in [2.24, 2.45) is 7.05 Å². The lowest BCUT2D eigenvalue weighted by atomic mass is 10.2.